The van der Waals surface area contributed by atoms with Crippen LogP contribution in [0.25, 0.3) is 22.9 Å². The Kier molecular flexibility index (Phi) is 4.26. The first-order valence-electron chi connectivity index (χ1n) is 7.22. The highest BCUT2D eigenvalue weighted by atomic mass is 19.4. The Balaban J connectivity index is 1.78. The molecule has 0 unspecified atom stereocenters. The van der Waals surface area contributed by atoms with Gasteiger partial charge >= 0.3 is 12.1 Å². The van der Waals surface area contributed by atoms with Crippen LogP contribution in [0.15, 0.2) is 52.9 Å². The molecule has 25 heavy (non-hydrogen) atoms. The smallest absolute Gasteiger partial charge is 0.416 e. The van der Waals surface area contributed by atoms with Gasteiger partial charge in [-0.25, -0.2) is 0 Å². The van der Waals surface area contributed by atoms with Crippen LogP contribution in [0.1, 0.15) is 5.56 Å². The Labute approximate surface area is 140 Å². The van der Waals surface area contributed by atoms with Crippen molar-refractivity contribution in [3.05, 3.63) is 54.1 Å². The van der Waals surface area contributed by atoms with Gasteiger partial charge in [0.1, 0.15) is 0 Å². The molecule has 0 radical (unpaired) electrons. The van der Waals surface area contributed by atoms with Crippen molar-refractivity contribution in [1.82, 2.24) is 10.2 Å². The molecule has 3 rings (SSSR count). The number of aryl methyl sites for hydroxylation is 1. The van der Waals surface area contributed by atoms with Crippen LogP contribution in [0.5, 0.6) is 0 Å². The third-order valence-electron chi connectivity index (χ3n) is 3.34. The molecular formula is C17H12F3N3O2. The molecule has 0 aliphatic rings. The molecule has 1 amide bonds. The number of aromatic nitrogens is 2. The Hall–Kier alpha value is -3.16. The van der Waals surface area contributed by atoms with Crippen molar-refractivity contribution in [3.63, 3.8) is 0 Å². The fourth-order valence-corrected chi connectivity index (χ4v) is 2.13. The minimum Gasteiger partial charge on any atom is -0.416 e. The first-order valence-corrected chi connectivity index (χ1v) is 7.22. The highest BCUT2D eigenvalue weighted by molar-refractivity contribution is 5.95. The Morgan fingerprint density at radius 1 is 1.00 bits per heavy atom. The van der Waals surface area contributed by atoms with E-state index in [1.165, 1.54) is 24.3 Å². The van der Waals surface area contributed by atoms with Gasteiger partial charge < -0.3 is 9.73 Å². The quantitative estimate of drug-likeness (QED) is 0.770. The van der Waals surface area contributed by atoms with Gasteiger partial charge in [0.25, 0.3) is 0 Å². The van der Waals surface area contributed by atoms with E-state index in [9.17, 15) is 18.0 Å². The lowest BCUT2D eigenvalue weighted by atomic mass is 10.1. The highest BCUT2D eigenvalue weighted by Gasteiger charge is 2.38. The first kappa shape index (κ1) is 16.7. The normalized spacial score (nSPS) is 11.4. The second-order valence-corrected chi connectivity index (χ2v) is 5.31. The standard InChI is InChI=1S/C17H12F3N3O2/c1-10-3-2-4-12(9-10)15-23-22-14(25-15)11-5-7-13(8-6-11)21-16(24)17(18,19)20/h2-9H,1H3,(H,21,24). The number of hydrogen-bond donors (Lipinski definition) is 1. The Morgan fingerprint density at radius 2 is 1.64 bits per heavy atom. The van der Waals surface area contributed by atoms with Gasteiger partial charge in [-0.15, -0.1) is 10.2 Å². The van der Waals surface area contributed by atoms with E-state index in [1.54, 1.807) is 5.32 Å². The summed E-state index contributed by atoms with van der Waals surface area (Å²) in [6.45, 7) is 1.94. The number of benzene rings is 2. The summed E-state index contributed by atoms with van der Waals surface area (Å²) in [5.41, 5.74) is 2.36. The molecule has 2 aromatic carbocycles. The summed E-state index contributed by atoms with van der Waals surface area (Å²) in [6, 6.07) is 13.2. The average Bonchev–Trinajstić information content (AvgIpc) is 3.05. The van der Waals surface area contributed by atoms with Crippen molar-refractivity contribution in [3.8, 4) is 22.9 Å². The molecule has 0 saturated carbocycles. The van der Waals surface area contributed by atoms with Crippen molar-refractivity contribution in [2.45, 2.75) is 13.1 Å². The maximum absolute atomic E-state index is 12.2. The maximum atomic E-state index is 12.2. The lowest BCUT2D eigenvalue weighted by Crippen LogP contribution is -2.29. The summed E-state index contributed by atoms with van der Waals surface area (Å²) in [7, 11) is 0. The van der Waals surface area contributed by atoms with E-state index in [0.717, 1.165) is 11.1 Å². The van der Waals surface area contributed by atoms with Crippen LogP contribution in [-0.4, -0.2) is 22.3 Å². The average molecular weight is 347 g/mol. The number of amides is 1. The zero-order valence-corrected chi connectivity index (χ0v) is 13.0. The fraction of sp³-hybridized carbons (Fsp3) is 0.118. The summed E-state index contributed by atoms with van der Waals surface area (Å²) in [5.74, 6) is -1.46. The number of rotatable bonds is 3. The SMILES string of the molecule is Cc1cccc(-c2nnc(-c3ccc(NC(=O)C(F)(F)F)cc3)o2)c1. The molecule has 1 N–H and O–H groups in total. The van der Waals surface area contributed by atoms with E-state index in [4.69, 9.17) is 4.42 Å². The van der Waals surface area contributed by atoms with Gasteiger partial charge in [0, 0.05) is 16.8 Å². The van der Waals surface area contributed by atoms with E-state index < -0.39 is 12.1 Å². The van der Waals surface area contributed by atoms with Gasteiger partial charge in [-0.3, -0.25) is 4.79 Å². The number of nitrogens with zero attached hydrogens (tertiary/aromatic N) is 2. The van der Waals surface area contributed by atoms with Gasteiger partial charge in [-0.2, -0.15) is 13.2 Å². The summed E-state index contributed by atoms with van der Waals surface area (Å²) < 4.78 is 42.3. The third-order valence-corrected chi connectivity index (χ3v) is 3.34. The third kappa shape index (κ3) is 3.85. The van der Waals surface area contributed by atoms with Crippen molar-refractivity contribution in [1.29, 1.82) is 0 Å². The van der Waals surface area contributed by atoms with E-state index in [0.29, 0.717) is 11.5 Å². The monoisotopic (exact) mass is 347 g/mol. The van der Waals surface area contributed by atoms with E-state index in [1.807, 2.05) is 31.2 Å². The first-order chi connectivity index (χ1) is 11.8. The predicted molar refractivity (Wildman–Crippen MR) is 84.6 cm³/mol. The highest BCUT2D eigenvalue weighted by Crippen LogP contribution is 2.26. The summed E-state index contributed by atoms with van der Waals surface area (Å²) in [6.07, 6.45) is -4.94. The minimum absolute atomic E-state index is 0.0181. The Bertz CT molecular complexity index is 902. The summed E-state index contributed by atoms with van der Waals surface area (Å²) >= 11 is 0. The molecule has 3 aromatic rings. The molecular weight excluding hydrogens is 335 g/mol. The molecule has 0 aliphatic carbocycles. The van der Waals surface area contributed by atoms with Crippen LogP contribution in [0.3, 0.4) is 0 Å². The van der Waals surface area contributed by atoms with E-state index in [-0.39, 0.29) is 11.6 Å². The van der Waals surface area contributed by atoms with Crippen LogP contribution in [0, 0.1) is 6.92 Å². The number of anilines is 1. The van der Waals surface area contributed by atoms with Gasteiger partial charge in [-0.1, -0.05) is 17.7 Å². The molecule has 0 fully saturated rings. The number of carbonyl (C=O) groups excluding carboxylic acids is 1. The van der Waals surface area contributed by atoms with Crippen LogP contribution < -0.4 is 5.32 Å². The molecule has 128 valence electrons. The number of carbonyl (C=O) groups is 1. The number of hydrogen-bond acceptors (Lipinski definition) is 4. The van der Waals surface area contributed by atoms with Crippen LogP contribution in [0.4, 0.5) is 18.9 Å². The van der Waals surface area contributed by atoms with Crippen LogP contribution in [-0.2, 0) is 4.79 Å². The summed E-state index contributed by atoms with van der Waals surface area (Å²) in [4.78, 5) is 10.9. The molecule has 5 nitrogen and oxygen atoms in total. The summed E-state index contributed by atoms with van der Waals surface area (Å²) in [5, 5.41) is 9.68. The molecule has 0 spiro atoms. The molecule has 0 bridgehead atoms. The molecule has 0 aliphatic heterocycles. The predicted octanol–water partition coefficient (Wildman–Crippen LogP) is 4.21. The van der Waals surface area contributed by atoms with Gasteiger partial charge in [0.15, 0.2) is 0 Å². The maximum Gasteiger partial charge on any atom is 0.471 e. The topological polar surface area (TPSA) is 68.0 Å². The molecule has 1 heterocycles. The van der Waals surface area contributed by atoms with Gasteiger partial charge in [0.2, 0.25) is 11.8 Å². The minimum atomic E-state index is -4.94. The van der Waals surface area contributed by atoms with Crippen molar-refractivity contribution in [2.24, 2.45) is 0 Å². The second kappa shape index (κ2) is 6.39. The van der Waals surface area contributed by atoms with Gasteiger partial charge in [0.05, 0.1) is 0 Å². The Morgan fingerprint density at radius 3 is 2.24 bits per heavy atom. The zero-order chi connectivity index (χ0) is 18.0. The lowest BCUT2D eigenvalue weighted by molar-refractivity contribution is -0.167. The number of halogens is 3. The van der Waals surface area contributed by atoms with E-state index >= 15 is 0 Å². The zero-order valence-electron chi connectivity index (χ0n) is 13.0. The van der Waals surface area contributed by atoms with Gasteiger partial charge in [-0.05, 0) is 43.3 Å². The lowest BCUT2D eigenvalue weighted by Gasteiger charge is -2.07. The number of nitrogens with one attached hydrogen (secondary N) is 1. The van der Waals surface area contributed by atoms with E-state index in [2.05, 4.69) is 10.2 Å². The number of alkyl halides is 3. The van der Waals surface area contributed by atoms with Crippen molar-refractivity contribution in [2.75, 3.05) is 5.32 Å². The second-order valence-electron chi connectivity index (χ2n) is 5.31. The molecule has 1 aromatic heterocycles. The van der Waals surface area contributed by atoms with Crippen LogP contribution >= 0.6 is 0 Å². The fourth-order valence-electron chi connectivity index (χ4n) is 2.13. The molecule has 0 atom stereocenters. The molecule has 8 heteroatoms. The van der Waals surface area contributed by atoms with Crippen molar-refractivity contribution < 1.29 is 22.4 Å². The van der Waals surface area contributed by atoms with Crippen molar-refractivity contribution >= 4 is 11.6 Å². The largest absolute Gasteiger partial charge is 0.471 e. The van der Waals surface area contributed by atoms with Crippen LogP contribution in [0.2, 0.25) is 0 Å². The molecule has 0 saturated heterocycles.